The quantitative estimate of drug-likeness (QED) is 0.770. The SMILES string of the molecule is Cc1ccccc1CN(C)C(=O)/C=C/c1ccc(Cl)cc1. The van der Waals surface area contributed by atoms with Gasteiger partial charge in [-0.05, 0) is 41.8 Å². The number of carbonyl (C=O) groups is 1. The zero-order valence-electron chi connectivity index (χ0n) is 12.2. The van der Waals surface area contributed by atoms with E-state index in [0.717, 1.165) is 11.1 Å². The van der Waals surface area contributed by atoms with Crippen LogP contribution >= 0.6 is 11.6 Å². The lowest BCUT2D eigenvalue weighted by Gasteiger charge is -2.16. The first-order valence-electron chi connectivity index (χ1n) is 6.79. The van der Waals surface area contributed by atoms with Gasteiger partial charge in [0.25, 0.3) is 0 Å². The molecule has 2 rings (SSSR count). The van der Waals surface area contributed by atoms with Crippen LogP contribution in [0.4, 0.5) is 0 Å². The highest BCUT2D eigenvalue weighted by molar-refractivity contribution is 6.30. The zero-order valence-corrected chi connectivity index (χ0v) is 13.0. The molecule has 0 bridgehead atoms. The van der Waals surface area contributed by atoms with Crippen molar-refractivity contribution in [3.05, 3.63) is 76.3 Å². The Bertz CT molecular complexity index is 647. The highest BCUT2D eigenvalue weighted by Gasteiger charge is 2.07. The summed E-state index contributed by atoms with van der Waals surface area (Å²) in [6.07, 6.45) is 3.38. The number of likely N-dealkylation sites (N-methyl/N-ethyl adjacent to an activating group) is 1. The Morgan fingerprint density at radius 1 is 1.14 bits per heavy atom. The van der Waals surface area contributed by atoms with Gasteiger partial charge in [-0.25, -0.2) is 0 Å². The number of nitrogens with zero attached hydrogens (tertiary/aromatic N) is 1. The number of amides is 1. The Balaban J connectivity index is 1.99. The Morgan fingerprint density at radius 3 is 2.48 bits per heavy atom. The van der Waals surface area contributed by atoms with Gasteiger partial charge in [0.15, 0.2) is 0 Å². The summed E-state index contributed by atoms with van der Waals surface area (Å²) in [5.74, 6) is -0.0202. The van der Waals surface area contributed by atoms with Crippen LogP contribution in [0.1, 0.15) is 16.7 Å². The Kier molecular flexibility index (Phi) is 5.18. The van der Waals surface area contributed by atoms with E-state index in [2.05, 4.69) is 13.0 Å². The van der Waals surface area contributed by atoms with Crippen LogP contribution in [0.15, 0.2) is 54.6 Å². The third kappa shape index (κ3) is 4.47. The smallest absolute Gasteiger partial charge is 0.246 e. The van der Waals surface area contributed by atoms with Gasteiger partial charge in [-0.15, -0.1) is 0 Å². The minimum atomic E-state index is -0.0202. The summed E-state index contributed by atoms with van der Waals surface area (Å²) in [6, 6.07) is 15.5. The molecule has 0 heterocycles. The molecule has 0 atom stereocenters. The monoisotopic (exact) mass is 299 g/mol. The fourth-order valence-electron chi connectivity index (χ4n) is 1.99. The highest BCUT2D eigenvalue weighted by Crippen LogP contribution is 2.12. The van der Waals surface area contributed by atoms with Crippen LogP contribution in [-0.2, 0) is 11.3 Å². The predicted octanol–water partition coefficient (Wildman–Crippen LogP) is 4.32. The number of rotatable bonds is 4. The molecule has 0 saturated heterocycles. The second kappa shape index (κ2) is 7.09. The first-order chi connectivity index (χ1) is 10.1. The first-order valence-corrected chi connectivity index (χ1v) is 7.17. The summed E-state index contributed by atoms with van der Waals surface area (Å²) in [4.78, 5) is 13.8. The number of benzene rings is 2. The molecule has 0 aromatic heterocycles. The van der Waals surface area contributed by atoms with Crippen molar-refractivity contribution in [2.45, 2.75) is 13.5 Å². The molecule has 3 heteroatoms. The van der Waals surface area contributed by atoms with Gasteiger partial charge in [0, 0.05) is 24.7 Å². The van der Waals surface area contributed by atoms with Crippen molar-refractivity contribution in [2.24, 2.45) is 0 Å². The van der Waals surface area contributed by atoms with Crippen molar-refractivity contribution in [2.75, 3.05) is 7.05 Å². The molecular formula is C18H18ClNO. The topological polar surface area (TPSA) is 20.3 Å². The third-order valence-electron chi connectivity index (χ3n) is 3.33. The minimum Gasteiger partial charge on any atom is -0.338 e. The molecule has 2 aromatic carbocycles. The van der Waals surface area contributed by atoms with Gasteiger partial charge in [0.2, 0.25) is 5.91 Å². The van der Waals surface area contributed by atoms with Gasteiger partial charge in [-0.1, -0.05) is 48.0 Å². The maximum Gasteiger partial charge on any atom is 0.246 e. The number of hydrogen-bond acceptors (Lipinski definition) is 1. The molecule has 108 valence electrons. The molecule has 0 aliphatic heterocycles. The maximum absolute atomic E-state index is 12.1. The van der Waals surface area contributed by atoms with Crippen molar-refractivity contribution >= 4 is 23.6 Å². The highest BCUT2D eigenvalue weighted by atomic mass is 35.5. The van der Waals surface area contributed by atoms with Gasteiger partial charge in [0.1, 0.15) is 0 Å². The van der Waals surface area contributed by atoms with Gasteiger partial charge in [-0.3, -0.25) is 4.79 Å². The molecule has 0 aliphatic rings. The van der Waals surface area contributed by atoms with E-state index >= 15 is 0 Å². The molecule has 1 amide bonds. The van der Waals surface area contributed by atoms with Crippen molar-refractivity contribution < 1.29 is 4.79 Å². The molecule has 0 spiro atoms. The average Bonchev–Trinajstić information content (AvgIpc) is 2.48. The summed E-state index contributed by atoms with van der Waals surface area (Å²) >= 11 is 5.83. The van der Waals surface area contributed by atoms with Crippen molar-refractivity contribution in [3.8, 4) is 0 Å². The number of hydrogen-bond donors (Lipinski definition) is 0. The summed E-state index contributed by atoms with van der Waals surface area (Å²) in [7, 11) is 1.81. The lowest BCUT2D eigenvalue weighted by atomic mass is 10.1. The molecule has 0 unspecified atom stereocenters. The number of halogens is 1. The van der Waals surface area contributed by atoms with Crippen LogP contribution in [-0.4, -0.2) is 17.9 Å². The lowest BCUT2D eigenvalue weighted by molar-refractivity contribution is -0.125. The van der Waals surface area contributed by atoms with E-state index in [1.54, 1.807) is 24.1 Å². The van der Waals surface area contributed by atoms with E-state index in [9.17, 15) is 4.79 Å². The van der Waals surface area contributed by atoms with Crippen LogP contribution in [0, 0.1) is 6.92 Å². The molecule has 21 heavy (non-hydrogen) atoms. The molecule has 0 fully saturated rings. The lowest BCUT2D eigenvalue weighted by Crippen LogP contribution is -2.24. The summed E-state index contributed by atoms with van der Waals surface area (Å²) in [6.45, 7) is 2.66. The largest absolute Gasteiger partial charge is 0.338 e. The van der Waals surface area contributed by atoms with Crippen LogP contribution in [0.2, 0.25) is 5.02 Å². The van der Waals surface area contributed by atoms with E-state index in [1.165, 1.54) is 5.56 Å². The Hall–Kier alpha value is -2.06. The van der Waals surface area contributed by atoms with Gasteiger partial charge < -0.3 is 4.90 Å². The van der Waals surface area contributed by atoms with Crippen molar-refractivity contribution in [1.29, 1.82) is 0 Å². The fraction of sp³-hybridized carbons (Fsp3) is 0.167. The standard InChI is InChI=1S/C18H18ClNO/c1-14-5-3-4-6-16(14)13-20(2)18(21)12-9-15-7-10-17(19)11-8-15/h3-12H,13H2,1-2H3/b12-9+. The maximum atomic E-state index is 12.1. The van der Waals surface area contributed by atoms with E-state index in [-0.39, 0.29) is 5.91 Å². The normalized spacial score (nSPS) is 10.8. The summed E-state index contributed by atoms with van der Waals surface area (Å²) in [5.41, 5.74) is 3.31. The van der Waals surface area contributed by atoms with Gasteiger partial charge in [0.05, 0.1) is 0 Å². The molecule has 0 saturated carbocycles. The van der Waals surface area contributed by atoms with Gasteiger partial charge in [-0.2, -0.15) is 0 Å². The molecule has 0 aliphatic carbocycles. The fourth-order valence-corrected chi connectivity index (χ4v) is 2.12. The molecular weight excluding hydrogens is 282 g/mol. The number of aryl methyl sites for hydroxylation is 1. The average molecular weight is 300 g/mol. The van der Waals surface area contributed by atoms with E-state index in [1.807, 2.05) is 42.5 Å². The molecule has 0 radical (unpaired) electrons. The second-order valence-corrected chi connectivity index (χ2v) is 5.44. The molecule has 2 aromatic rings. The van der Waals surface area contributed by atoms with Crippen LogP contribution in [0.5, 0.6) is 0 Å². The van der Waals surface area contributed by atoms with Crippen LogP contribution < -0.4 is 0 Å². The van der Waals surface area contributed by atoms with E-state index in [0.29, 0.717) is 11.6 Å². The minimum absolute atomic E-state index is 0.0202. The first kappa shape index (κ1) is 15.3. The van der Waals surface area contributed by atoms with Crippen molar-refractivity contribution in [1.82, 2.24) is 4.90 Å². The molecule has 0 N–H and O–H groups in total. The Morgan fingerprint density at radius 2 is 1.81 bits per heavy atom. The molecule has 2 nitrogen and oxygen atoms in total. The third-order valence-corrected chi connectivity index (χ3v) is 3.59. The Labute approximate surface area is 130 Å². The summed E-state index contributed by atoms with van der Waals surface area (Å²) < 4.78 is 0. The van der Waals surface area contributed by atoms with Crippen LogP contribution in [0.3, 0.4) is 0 Å². The van der Waals surface area contributed by atoms with E-state index < -0.39 is 0 Å². The second-order valence-electron chi connectivity index (χ2n) is 5.01. The van der Waals surface area contributed by atoms with E-state index in [4.69, 9.17) is 11.6 Å². The zero-order chi connectivity index (χ0) is 15.2. The van der Waals surface area contributed by atoms with Gasteiger partial charge >= 0.3 is 0 Å². The van der Waals surface area contributed by atoms with Crippen LogP contribution in [0.25, 0.3) is 6.08 Å². The number of carbonyl (C=O) groups excluding carboxylic acids is 1. The summed E-state index contributed by atoms with van der Waals surface area (Å²) in [5, 5.41) is 0.690. The van der Waals surface area contributed by atoms with Crippen molar-refractivity contribution in [3.63, 3.8) is 0 Å². The predicted molar refractivity (Wildman–Crippen MR) is 88.1 cm³/mol.